The quantitative estimate of drug-likeness (QED) is 0.872. The van der Waals surface area contributed by atoms with Gasteiger partial charge < -0.3 is 9.52 Å². The van der Waals surface area contributed by atoms with Gasteiger partial charge in [0.05, 0.1) is 0 Å². The van der Waals surface area contributed by atoms with Crippen LogP contribution in [-0.2, 0) is 12.8 Å². The summed E-state index contributed by atoms with van der Waals surface area (Å²) >= 11 is 0. The van der Waals surface area contributed by atoms with Crippen molar-refractivity contribution in [3.8, 4) is 0 Å². The second kappa shape index (κ2) is 5.47. The van der Waals surface area contributed by atoms with Gasteiger partial charge in [0.15, 0.2) is 0 Å². The van der Waals surface area contributed by atoms with E-state index in [-0.39, 0.29) is 5.76 Å². The van der Waals surface area contributed by atoms with Crippen LogP contribution in [0.2, 0.25) is 0 Å². The molecule has 2 aromatic rings. The molecule has 1 aromatic carbocycles. The van der Waals surface area contributed by atoms with Crippen LogP contribution in [0.1, 0.15) is 48.9 Å². The van der Waals surface area contributed by atoms with Gasteiger partial charge in [-0.25, -0.2) is 4.79 Å². The minimum Gasteiger partial charge on any atom is -0.475 e. The Morgan fingerprint density at radius 3 is 2.68 bits per heavy atom. The zero-order valence-corrected chi connectivity index (χ0v) is 11.7. The lowest BCUT2D eigenvalue weighted by molar-refractivity contribution is 0.0663. The highest BCUT2D eigenvalue weighted by atomic mass is 16.4. The molecule has 0 saturated heterocycles. The minimum atomic E-state index is -0.983. The van der Waals surface area contributed by atoms with Gasteiger partial charge in [-0.3, -0.25) is 0 Å². The number of benzene rings is 1. The molecule has 0 aliphatic carbocycles. The van der Waals surface area contributed by atoms with Crippen molar-refractivity contribution < 1.29 is 14.3 Å². The summed E-state index contributed by atoms with van der Waals surface area (Å²) in [5.74, 6) is -0.491. The number of hydrogen-bond donors (Lipinski definition) is 1. The van der Waals surface area contributed by atoms with Crippen LogP contribution in [0, 0.1) is 5.92 Å². The number of fused-ring (bicyclic) bond motifs is 1. The average Bonchev–Trinajstić information content (AvgIpc) is 2.68. The Bertz CT molecular complexity index is 593. The fourth-order valence-corrected chi connectivity index (χ4v) is 2.42. The molecule has 0 aliphatic heterocycles. The van der Waals surface area contributed by atoms with Gasteiger partial charge in [-0.1, -0.05) is 33.3 Å². The number of carboxylic acid groups (broad SMARTS) is 1. The zero-order chi connectivity index (χ0) is 14.0. The Morgan fingerprint density at radius 2 is 2.11 bits per heavy atom. The standard InChI is InChI=1S/C16H20O3/c1-4-5-11-6-7-14-12(9-11)13(8-10(2)3)15(19-14)16(17)18/h6-7,9-10H,4-5,8H2,1-3H3,(H,17,18). The summed E-state index contributed by atoms with van der Waals surface area (Å²) in [6.07, 6.45) is 2.81. The number of furan rings is 1. The summed E-state index contributed by atoms with van der Waals surface area (Å²) in [7, 11) is 0. The molecular formula is C16H20O3. The summed E-state index contributed by atoms with van der Waals surface area (Å²) < 4.78 is 5.50. The maximum Gasteiger partial charge on any atom is 0.372 e. The molecule has 0 radical (unpaired) electrons. The molecular weight excluding hydrogens is 240 g/mol. The van der Waals surface area contributed by atoms with Crippen LogP contribution in [0.4, 0.5) is 0 Å². The molecule has 0 spiro atoms. The van der Waals surface area contributed by atoms with Crippen molar-refractivity contribution in [2.75, 3.05) is 0 Å². The van der Waals surface area contributed by atoms with Crippen LogP contribution in [0.15, 0.2) is 22.6 Å². The number of hydrogen-bond acceptors (Lipinski definition) is 2. The molecule has 0 saturated carbocycles. The van der Waals surface area contributed by atoms with Gasteiger partial charge >= 0.3 is 5.97 Å². The number of rotatable bonds is 5. The first-order valence-electron chi connectivity index (χ1n) is 6.80. The maximum atomic E-state index is 11.3. The molecule has 2 rings (SSSR count). The van der Waals surface area contributed by atoms with Gasteiger partial charge in [0.25, 0.3) is 0 Å². The van der Waals surface area contributed by atoms with Crippen molar-refractivity contribution >= 4 is 16.9 Å². The lowest BCUT2D eigenvalue weighted by atomic mass is 9.98. The number of carbonyl (C=O) groups is 1. The molecule has 1 N–H and O–H groups in total. The number of carboxylic acids is 1. The maximum absolute atomic E-state index is 11.3. The monoisotopic (exact) mass is 260 g/mol. The Labute approximate surface area is 113 Å². The minimum absolute atomic E-state index is 0.0948. The van der Waals surface area contributed by atoms with Crippen molar-refractivity contribution in [3.63, 3.8) is 0 Å². The van der Waals surface area contributed by atoms with E-state index in [1.165, 1.54) is 5.56 Å². The fraction of sp³-hybridized carbons (Fsp3) is 0.438. The van der Waals surface area contributed by atoms with Crippen LogP contribution < -0.4 is 0 Å². The molecule has 3 heteroatoms. The van der Waals surface area contributed by atoms with E-state index in [4.69, 9.17) is 4.42 Å². The molecule has 0 bridgehead atoms. The molecule has 0 fully saturated rings. The van der Waals surface area contributed by atoms with Crippen LogP contribution in [0.25, 0.3) is 11.0 Å². The van der Waals surface area contributed by atoms with Crippen molar-refractivity contribution in [1.82, 2.24) is 0 Å². The Balaban J connectivity index is 2.59. The molecule has 19 heavy (non-hydrogen) atoms. The van der Waals surface area contributed by atoms with Crippen molar-refractivity contribution in [1.29, 1.82) is 0 Å². The van der Waals surface area contributed by atoms with E-state index < -0.39 is 5.97 Å². The predicted octanol–water partition coefficient (Wildman–Crippen LogP) is 4.28. The Hall–Kier alpha value is -1.77. The molecule has 3 nitrogen and oxygen atoms in total. The van der Waals surface area contributed by atoms with E-state index in [1.807, 2.05) is 12.1 Å². The normalized spacial score (nSPS) is 11.4. The zero-order valence-electron chi connectivity index (χ0n) is 11.7. The van der Waals surface area contributed by atoms with Crippen LogP contribution in [0.5, 0.6) is 0 Å². The Kier molecular flexibility index (Phi) is 3.93. The second-order valence-electron chi connectivity index (χ2n) is 5.39. The van der Waals surface area contributed by atoms with Gasteiger partial charge in [0.1, 0.15) is 5.58 Å². The first kappa shape index (κ1) is 13.7. The molecule has 1 heterocycles. The Morgan fingerprint density at radius 1 is 1.37 bits per heavy atom. The van der Waals surface area contributed by atoms with Crippen molar-refractivity contribution in [2.45, 2.75) is 40.0 Å². The smallest absolute Gasteiger partial charge is 0.372 e. The van der Waals surface area contributed by atoms with Crippen LogP contribution in [0.3, 0.4) is 0 Å². The van der Waals surface area contributed by atoms with E-state index in [2.05, 4.69) is 26.8 Å². The van der Waals surface area contributed by atoms with Crippen LogP contribution in [-0.4, -0.2) is 11.1 Å². The molecule has 0 aliphatic rings. The summed E-state index contributed by atoms with van der Waals surface area (Å²) in [5, 5.41) is 10.2. The predicted molar refractivity (Wildman–Crippen MR) is 75.7 cm³/mol. The summed E-state index contributed by atoms with van der Waals surface area (Å²) in [5.41, 5.74) is 2.74. The fourth-order valence-electron chi connectivity index (χ4n) is 2.42. The largest absolute Gasteiger partial charge is 0.475 e. The second-order valence-corrected chi connectivity index (χ2v) is 5.39. The molecule has 0 atom stereocenters. The van der Waals surface area contributed by atoms with Crippen molar-refractivity contribution in [2.24, 2.45) is 5.92 Å². The summed E-state index contributed by atoms with van der Waals surface area (Å²) in [4.78, 5) is 11.3. The third-order valence-electron chi connectivity index (χ3n) is 3.20. The van der Waals surface area contributed by atoms with Crippen LogP contribution >= 0.6 is 0 Å². The third-order valence-corrected chi connectivity index (χ3v) is 3.20. The summed E-state index contributed by atoms with van der Waals surface area (Å²) in [6, 6.07) is 5.98. The highest BCUT2D eigenvalue weighted by Gasteiger charge is 2.20. The molecule has 0 amide bonds. The highest BCUT2D eigenvalue weighted by molar-refractivity contribution is 5.95. The summed E-state index contributed by atoms with van der Waals surface area (Å²) in [6.45, 7) is 6.30. The SMILES string of the molecule is CCCc1ccc2oc(C(=O)O)c(CC(C)C)c2c1. The van der Waals surface area contributed by atoms with Gasteiger partial charge in [0.2, 0.25) is 5.76 Å². The average molecular weight is 260 g/mol. The highest BCUT2D eigenvalue weighted by Crippen LogP contribution is 2.29. The lowest BCUT2D eigenvalue weighted by Crippen LogP contribution is -2.02. The number of aryl methyl sites for hydroxylation is 1. The number of aromatic carboxylic acids is 1. The van der Waals surface area contributed by atoms with Gasteiger partial charge in [0, 0.05) is 10.9 Å². The van der Waals surface area contributed by atoms with Gasteiger partial charge in [-0.2, -0.15) is 0 Å². The topological polar surface area (TPSA) is 50.4 Å². The molecule has 102 valence electrons. The van der Waals surface area contributed by atoms with E-state index in [0.717, 1.165) is 30.2 Å². The molecule has 1 aromatic heterocycles. The van der Waals surface area contributed by atoms with E-state index in [0.29, 0.717) is 11.5 Å². The lowest BCUT2D eigenvalue weighted by Gasteiger charge is -2.04. The van der Waals surface area contributed by atoms with E-state index in [1.54, 1.807) is 0 Å². The first-order chi connectivity index (χ1) is 9.02. The third kappa shape index (κ3) is 2.80. The van der Waals surface area contributed by atoms with E-state index in [9.17, 15) is 9.90 Å². The van der Waals surface area contributed by atoms with Gasteiger partial charge in [-0.05, 0) is 36.5 Å². The van der Waals surface area contributed by atoms with E-state index >= 15 is 0 Å². The van der Waals surface area contributed by atoms with Crippen molar-refractivity contribution in [3.05, 3.63) is 35.1 Å². The first-order valence-corrected chi connectivity index (χ1v) is 6.80. The molecule has 0 unspecified atom stereocenters. The van der Waals surface area contributed by atoms with Gasteiger partial charge in [-0.15, -0.1) is 0 Å².